The first-order valence-electron chi connectivity index (χ1n) is 8.47. The van der Waals surface area contributed by atoms with Crippen LogP contribution in [0.3, 0.4) is 0 Å². The Morgan fingerprint density at radius 1 is 1.08 bits per heavy atom. The van der Waals surface area contributed by atoms with E-state index in [4.69, 9.17) is 9.47 Å². The average Bonchev–Trinajstić information content (AvgIpc) is 2.55. The number of rotatable bonds is 5. The zero-order valence-corrected chi connectivity index (χ0v) is 15.2. The lowest BCUT2D eigenvalue weighted by Crippen LogP contribution is -2.39. The number of hydrogen-bond donors (Lipinski definition) is 1. The Labute approximate surface area is 148 Å². The minimum atomic E-state index is -0.689. The summed E-state index contributed by atoms with van der Waals surface area (Å²) in [5.41, 5.74) is 3.57. The predicted molar refractivity (Wildman–Crippen MR) is 95.7 cm³/mol. The van der Waals surface area contributed by atoms with E-state index in [1.54, 1.807) is 20.8 Å². The Hall–Kier alpha value is -2.56. The highest BCUT2D eigenvalue weighted by atomic mass is 16.5. The Kier molecular flexibility index (Phi) is 6.02. The van der Waals surface area contributed by atoms with Crippen LogP contribution < -0.4 is 5.32 Å². The van der Waals surface area contributed by atoms with Crippen molar-refractivity contribution in [2.24, 2.45) is 5.92 Å². The quantitative estimate of drug-likeness (QED) is 0.832. The smallest absolute Gasteiger partial charge is 0.336 e. The molecule has 1 aliphatic heterocycles. The number of hydrogen-bond acceptors (Lipinski definition) is 5. The molecule has 1 aromatic rings. The Balaban J connectivity index is 2.59. The number of allylic oxidation sites excluding steroid dienone is 1. The first-order valence-corrected chi connectivity index (χ1v) is 8.47. The van der Waals surface area contributed by atoms with Crippen molar-refractivity contribution in [2.75, 3.05) is 13.2 Å². The monoisotopic (exact) mass is 343 g/mol. The molecule has 0 saturated carbocycles. The van der Waals surface area contributed by atoms with Gasteiger partial charge in [0.25, 0.3) is 0 Å². The van der Waals surface area contributed by atoms with Crippen LogP contribution in [0, 0.1) is 12.8 Å². The second-order valence-corrected chi connectivity index (χ2v) is 6.03. The summed E-state index contributed by atoms with van der Waals surface area (Å²) >= 11 is 0. The molecular formula is C20H25NO4. The molecule has 1 heterocycles. The zero-order chi connectivity index (χ0) is 18.6. The minimum Gasteiger partial charge on any atom is -0.465 e. The molecule has 0 fully saturated rings. The summed E-state index contributed by atoms with van der Waals surface area (Å²) < 4.78 is 10.5. The van der Waals surface area contributed by atoms with Crippen molar-refractivity contribution >= 4 is 11.9 Å². The molecule has 0 amide bonds. The summed E-state index contributed by atoms with van der Waals surface area (Å²) in [5, 5.41) is 3.05. The molecule has 5 nitrogen and oxygen atoms in total. The lowest BCUT2D eigenvalue weighted by molar-refractivity contribution is -0.147. The molecule has 134 valence electrons. The normalized spacial score (nSPS) is 20.1. The largest absolute Gasteiger partial charge is 0.465 e. The summed E-state index contributed by atoms with van der Waals surface area (Å²) in [6.07, 6.45) is 0. The summed E-state index contributed by atoms with van der Waals surface area (Å²) in [5.74, 6) is -2.02. The molecule has 2 unspecified atom stereocenters. The van der Waals surface area contributed by atoms with Crippen molar-refractivity contribution in [3.05, 3.63) is 58.9 Å². The SMILES string of the molecule is C=C1NC(C)=C(C(=O)OCC)C(c2ccc(C)cc2)C1C(=O)OCC. The molecule has 25 heavy (non-hydrogen) atoms. The van der Waals surface area contributed by atoms with Gasteiger partial charge >= 0.3 is 11.9 Å². The molecule has 0 aliphatic carbocycles. The van der Waals surface area contributed by atoms with Gasteiger partial charge in [0.1, 0.15) is 5.92 Å². The molecule has 5 heteroatoms. The molecule has 0 spiro atoms. The number of aryl methyl sites for hydroxylation is 1. The van der Waals surface area contributed by atoms with E-state index in [0.717, 1.165) is 11.1 Å². The fourth-order valence-electron chi connectivity index (χ4n) is 3.12. The van der Waals surface area contributed by atoms with E-state index in [1.807, 2.05) is 31.2 Å². The maximum atomic E-state index is 12.6. The van der Waals surface area contributed by atoms with Crippen LogP contribution in [0.25, 0.3) is 0 Å². The van der Waals surface area contributed by atoms with Crippen molar-refractivity contribution in [1.29, 1.82) is 0 Å². The van der Waals surface area contributed by atoms with Crippen molar-refractivity contribution < 1.29 is 19.1 Å². The van der Waals surface area contributed by atoms with E-state index in [1.165, 1.54) is 0 Å². The van der Waals surface area contributed by atoms with E-state index in [9.17, 15) is 9.59 Å². The maximum Gasteiger partial charge on any atom is 0.336 e. The number of carbonyl (C=O) groups excluding carboxylic acids is 2. The molecule has 1 N–H and O–H groups in total. The van der Waals surface area contributed by atoms with E-state index in [0.29, 0.717) is 17.0 Å². The van der Waals surface area contributed by atoms with Gasteiger partial charge < -0.3 is 14.8 Å². The maximum absolute atomic E-state index is 12.6. The topological polar surface area (TPSA) is 64.6 Å². The standard InChI is InChI=1S/C20H25NO4/c1-6-24-19(22)16-13(4)21-14(5)17(20(23)25-7-2)18(16)15-10-8-12(3)9-11-15/h8-11,16,18,21H,4,6-7H2,1-3,5H3. The third-order valence-electron chi connectivity index (χ3n) is 4.24. The van der Waals surface area contributed by atoms with E-state index in [2.05, 4.69) is 11.9 Å². The predicted octanol–water partition coefficient (Wildman–Crippen LogP) is 3.21. The second kappa shape index (κ2) is 8.01. The van der Waals surface area contributed by atoms with Crippen LogP contribution >= 0.6 is 0 Å². The van der Waals surface area contributed by atoms with Gasteiger partial charge in [-0.3, -0.25) is 4.79 Å². The number of nitrogens with one attached hydrogen (secondary N) is 1. The number of ether oxygens (including phenoxy) is 2. The Morgan fingerprint density at radius 3 is 2.24 bits per heavy atom. The van der Waals surface area contributed by atoms with Crippen LogP contribution in [0.1, 0.15) is 37.8 Å². The van der Waals surface area contributed by atoms with E-state index < -0.39 is 23.8 Å². The van der Waals surface area contributed by atoms with E-state index >= 15 is 0 Å². The van der Waals surface area contributed by atoms with Gasteiger partial charge in [-0.05, 0) is 33.3 Å². The van der Waals surface area contributed by atoms with Crippen LogP contribution in [0.15, 0.2) is 47.8 Å². The molecule has 2 atom stereocenters. The summed E-state index contributed by atoms with van der Waals surface area (Å²) in [6.45, 7) is 11.8. The van der Waals surface area contributed by atoms with Gasteiger partial charge in [-0.1, -0.05) is 36.4 Å². The third kappa shape index (κ3) is 3.92. The van der Waals surface area contributed by atoms with Crippen LogP contribution in [0.2, 0.25) is 0 Å². The molecule has 0 bridgehead atoms. The fourth-order valence-corrected chi connectivity index (χ4v) is 3.12. The second-order valence-electron chi connectivity index (χ2n) is 6.03. The zero-order valence-electron chi connectivity index (χ0n) is 15.2. The summed E-state index contributed by atoms with van der Waals surface area (Å²) in [4.78, 5) is 25.2. The van der Waals surface area contributed by atoms with E-state index in [-0.39, 0.29) is 13.2 Å². The Morgan fingerprint density at radius 2 is 1.68 bits per heavy atom. The summed E-state index contributed by atoms with van der Waals surface area (Å²) in [6, 6.07) is 7.77. The van der Waals surface area contributed by atoms with Gasteiger partial charge in [0.15, 0.2) is 0 Å². The highest BCUT2D eigenvalue weighted by molar-refractivity contribution is 5.94. The summed E-state index contributed by atoms with van der Waals surface area (Å²) in [7, 11) is 0. The van der Waals surface area contributed by atoms with Crippen molar-refractivity contribution in [1.82, 2.24) is 5.32 Å². The van der Waals surface area contributed by atoms with Crippen LogP contribution in [0.4, 0.5) is 0 Å². The van der Waals surface area contributed by atoms with Crippen molar-refractivity contribution in [2.45, 2.75) is 33.6 Å². The van der Waals surface area contributed by atoms with Gasteiger partial charge in [0.2, 0.25) is 0 Å². The average molecular weight is 343 g/mol. The molecule has 0 aromatic heterocycles. The highest BCUT2D eigenvalue weighted by Gasteiger charge is 2.42. The van der Waals surface area contributed by atoms with Gasteiger partial charge in [-0.2, -0.15) is 0 Å². The highest BCUT2D eigenvalue weighted by Crippen LogP contribution is 2.41. The van der Waals surface area contributed by atoms with Gasteiger partial charge in [0, 0.05) is 17.3 Å². The van der Waals surface area contributed by atoms with Crippen LogP contribution in [-0.2, 0) is 19.1 Å². The minimum absolute atomic E-state index is 0.265. The lowest BCUT2D eigenvalue weighted by atomic mass is 9.75. The van der Waals surface area contributed by atoms with Gasteiger partial charge in [-0.15, -0.1) is 0 Å². The third-order valence-corrected chi connectivity index (χ3v) is 4.24. The molecule has 0 radical (unpaired) electrons. The van der Waals surface area contributed by atoms with Gasteiger partial charge in [-0.25, -0.2) is 4.79 Å². The number of benzene rings is 1. The van der Waals surface area contributed by atoms with Crippen molar-refractivity contribution in [3.63, 3.8) is 0 Å². The van der Waals surface area contributed by atoms with Crippen LogP contribution in [0.5, 0.6) is 0 Å². The molecule has 1 aromatic carbocycles. The first kappa shape index (κ1) is 18.8. The molecule has 1 aliphatic rings. The van der Waals surface area contributed by atoms with Crippen LogP contribution in [-0.4, -0.2) is 25.2 Å². The fraction of sp³-hybridized carbons (Fsp3) is 0.400. The van der Waals surface area contributed by atoms with Crippen molar-refractivity contribution in [3.8, 4) is 0 Å². The molecular weight excluding hydrogens is 318 g/mol. The first-order chi connectivity index (χ1) is 11.9. The van der Waals surface area contributed by atoms with Gasteiger partial charge in [0.05, 0.1) is 18.8 Å². The molecule has 2 rings (SSSR count). The Bertz CT molecular complexity index is 703. The lowest BCUT2D eigenvalue weighted by Gasteiger charge is -2.35. The number of esters is 2. The number of carbonyl (C=O) groups is 2. The molecule has 0 saturated heterocycles.